The summed E-state index contributed by atoms with van der Waals surface area (Å²) in [6, 6.07) is 7.42. The maximum Gasteiger partial charge on any atom is 0.240 e. The van der Waals surface area contributed by atoms with Gasteiger partial charge in [0.05, 0.1) is 4.90 Å². The maximum atomic E-state index is 12.5. The van der Waals surface area contributed by atoms with Gasteiger partial charge in [0.25, 0.3) is 0 Å². The van der Waals surface area contributed by atoms with Gasteiger partial charge in [0.15, 0.2) is 0 Å². The van der Waals surface area contributed by atoms with Gasteiger partial charge in [0, 0.05) is 6.04 Å². The van der Waals surface area contributed by atoms with E-state index in [1.54, 1.807) is 12.1 Å². The summed E-state index contributed by atoms with van der Waals surface area (Å²) in [7, 11) is -1.45. The monoisotopic (exact) mass is 308 g/mol. The zero-order valence-electron chi connectivity index (χ0n) is 12.5. The van der Waals surface area contributed by atoms with E-state index < -0.39 is 10.0 Å². The van der Waals surface area contributed by atoms with E-state index in [2.05, 4.69) is 10.0 Å². The Morgan fingerprint density at radius 3 is 2.48 bits per heavy atom. The molecule has 1 aromatic rings. The molecule has 2 N–H and O–H groups in total. The van der Waals surface area contributed by atoms with Gasteiger partial charge in [-0.1, -0.05) is 18.6 Å². The van der Waals surface area contributed by atoms with Gasteiger partial charge in [-0.3, -0.25) is 0 Å². The topological polar surface area (TPSA) is 58.2 Å². The molecule has 3 unspecified atom stereocenters. The molecule has 0 heterocycles. The minimum Gasteiger partial charge on any atom is -0.319 e. The highest BCUT2D eigenvalue weighted by molar-refractivity contribution is 7.89. The lowest BCUT2D eigenvalue weighted by Crippen LogP contribution is -2.38. The molecule has 4 nitrogen and oxygen atoms in total. The van der Waals surface area contributed by atoms with Crippen LogP contribution in [0.1, 0.15) is 31.2 Å². The molecule has 0 aliphatic heterocycles. The van der Waals surface area contributed by atoms with Crippen molar-refractivity contribution >= 4 is 10.0 Å². The first-order chi connectivity index (χ1) is 10.1. The van der Waals surface area contributed by atoms with Crippen molar-refractivity contribution in [3.63, 3.8) is 0 Å². The Hall–Kier alpha value is -0.910. The number of hydrogen-bond acceptors (Lipinski definition) is 3. The molecule has 5 heteroatoms. The third-order valence-electron chi connectivity index (χ3n) is 4.94. The minimum absolute atomic E-state index is 0.151. The van der Waals surface area contributed by atoms with Gasteiger partial charge in [-0.05, 0) is 68.8 Å². The average molecular weight is 308 g/mol. The van der Waals surface area contributed by atoms with Crippen LogP contribution >= 0.6 is 0 Å². The van der Waals surface area contributed by atoms with Gasteiger partial charge in [-0.2, -0.15) is 0 Å². The number of fused-ring (bicyclic) bond motifs is 2. The van der Waals surface area contributed by atoms with E-state index in [9.17, 15) is 8.42 Å². The molecule has 0 saturated heterocycles. The van der Waals surface area contributed by atoms with Crippen molar-refractivity contribution in [3.8, 4) is 0 Å². The number of hydrogen-bond donors (Lipinski definition) is 2. The van der Waals surface area contributed by atoms with E-state index in [4.69, 9.17) is 0 Å². The van der Waals surface area contributed by atoms with Gasteiger partial charge in [-0.25, -0.2) is 13.1 Å². The van der Waals surface area contributed by atoms with Crippen molar-refractivity contribution in [2.45, 2.75) is 43.0 Å². The third-order valence-corrected chi connectivity index (χ3v) is 6.45. The molecule has 3 atom stereocenters. The van der Waals surface area contributed by atoms with Crippen LogP contribution in [0.15, 0.2) is 29.2 Å². The van der Waals surface area contributed by atoms with E-state index in [1.165, 1.54) is 19.3 Å². The predicted octanol–water partition coefficient (Wildman–Crippen LogP) is 1.92. The Labute approximate surface area is 127 Å². The molecule has 1 aromatic carbocycles. The maximum absolute atomic E-state index is 12.5. The first kappa shape index (κ1) is 15.0. The first-order valence-corrected chi connectivity index (χ1v) is 9.32. The zero-order valence-corrected chi connectivity index (χ0v) is 13.3. The number of sulfonamides is 1. The van der Waals surface area contributed by atoms with Crippen molar-refractivity contribution in [3.05, 3.63) is 29.8 Å². The van der Waals surface area contributed by atoms with Crippen molar-refractivity contribution in [2.24, 2.45) is 11.8 Å². The van der Waals surface area contributed by atoms with Crippen LogP contribution in [-0.4, -0.2) is 28.1 Å². The molecule has 116 valence electrons. The molecule has 2 aliphatic carbocycles. The van der Waals surface area contributed by atoms with Gasteiger partial charge in [0.2, 0.25) is 10.0 Å². The minimum atomic E-state index is -3.37. The summed E-state index contributed by atoms with van der Waals surface area (Å²) in [6.07, 6.45) is 5.60. The highest BCUT2D eigenvalue weighted by Gasteiger charge is 2.41. The largest absolute Gasteiger partial charge is 0.319 e. The van der Waals surface area contributed by atoms with Crippen molar-refractivity contribution in [1.82, 2.24) is 10.0 Å². The zero-order chi connectivity index (χ0) is 14.9. The summed E-state index contributed by atoms with van der Waals surface area (Å²) in [5, 5.41) is 3.09. The molecule has 3 rings (SSSR count). The Bertz CT molecular complexity index is 583. The molecule has 21 heavy (non-hydrogen) atoms. The lowest BCUT2D eigenvalue weighted by atomic mass is 9.96. The Balaban J connectivity index is 1.67. The van der Waals surface area contributed by atoms with Crippen molar-refractivity contribution in [2.75, 3.05) is 13.6 Å². The van der Waals surface area contributed by atoms with Crippen LogP contribution in [0.5, 0.6) is 0 Å². The molecule has 0 amide bonds. The van der Waals surface area contributed by atoms with Crippen molar-refractivity contribution in [1.29, 1.82) is 0 Å². The number of likely N-dealkylation sites (N-methyl/N-ethyl adjacent to an activating group) is 1. The van der Waals surface area contributed by atoms with Crippen LogP contribution in [0, 0.1) is 11.8 Å². The molecule has 2 aliphatic rings. The fourth-order valence-electron chi connectivity index (χ4n) is 3.76. The number of benzene rings is 1. The smallest absolute Gasteiger partial charge is 0.240 e. The summed E-state index contributed by atoms with van der Waals surface area (Å²) in [4.78, 5) is 0.387. The van der Waals surface area contributed by atoms with E-state index in [-0.39, 0.29) is 6.04 Å². The van der Waals surface area contributed by atoms with Gasteiger partial charge >= 0.3 is 0 Å². The average Bonchev–Trinajstić information content (AvgIpc) is 3.07. The molecule has 2 bridgehead atoms. The molecular weight excluding hydrogens is 284 g/mol. The van der Waals surface area contributed by atoms with Crippen LogP contribution in [0.25, 0.3) is 0 Å². The van der Waals surface area contributed by atoms with Gasteiger partial charge in [-0.15, -0.1) is 0 Å². The van der Waals surface area contributed by atoms with E-state index in [0.29, 0.717) is 10.8 Å². The third kappa shape index (κ3) is 3.30. The second kappa shape index (κ2) is 6.07. The highest BCUT2D eigenvalue weighted by atomic mass is 32.2. The Kier molecular flexibility index (Phi) is 4.33. The summed E-state index contributed by atoms with van der Waals surface area (Å²) >= 11 is 0. The first-order valence-electron chi connectivity index (χ1n) is 7.84. The summed E-state index contributed by atoms with van der Waals surface area (Å²) in [5.74, 6) is 1.30. The van der Waals surface area contributed by atoms with E-state index >= 15 is 0 Å². The molecule has 0 radical (unpaired) electrons. The Morgan fingerprint density at radius 2 is 1.90 bits per heavy atom. The molecule has 2 fully saturated rings. The molecule has 2 saturated carbocycles. The van der Waals surface area contributed by atoms with Crippen LogP contribution in [-0.2, 0) is 16.4 Å². The Morgan fingerprint density at radius 1 is 1.14 bits per heavy atom. The van der Waals surface area contributed by atoms with E-state index in [0.717, 1.165) is 30.9 Å². The fourth-order valence-corrected chi connectivity index (χ4v) is 5.08. The lowest BCUT2D eigenvalue weighted by Gasteiger charge is -2.22. The predicted molar refractivity (Wildman–Crippen MR) is 83.6 cm³/mol. The van der Waals surface area contributed by atoms with Crippen LogP contribution < -0.4 is 10.0 Å². The second-order valence-corrected chi connectivity index (χ2v) is 8.11. The van der Waals surface area contributed by atoms with E-state index in [1.807, 2.05) is 19.2 Å². The summed E-state index contributed by atoms with van der Waals surface area (Å²) in [6.45, 7) is 0.898. The SMILES string of the molecule is CNCCc1ccc(S(=O)(=O)NC2CC3CCC2C3)cc1. The highest BCUT2D eigenvalue weighted by Crippen LogP contribution is 2.44. The van der Waals surface area contributed by atoms with Gasteiger partial charge in [0.1, 0.15) is 0 Å². The summed E-state index contributed by atoms with van der Waals surface area (Å²) in [5.41, 5.74) is 1.16. The van der Waals surface area contributed by atoms with Crippen LogP contribution in [0.4, 0.5) is 0 Å². The van der Waals surface area contributed by atoms with Crippen molar-refractivity contribution < 1.29 is 8.42 Å². The normalized spacial score (nSPS) is 28.1. The molecule has 0 aromatic heterocycles. The molecular formula is C16H24N2O2S. The van der Waals surface area contributed by atoms with Gasteiger partial charge < -0.3 is 5.32 Å². The standard InChI is InChI=1S/C16H24N2O2S/c1-17-9-8-12-3-6-15(7-4-12)21(19,20)18-16-11-13-2-5-14(16)10-13/h3-4,6-7,13-14,16-18H,2,5,8-11H2,1H3. The lowest BCUT2D eigenvalue weighted by molar-refractivity contribution is 0.390. The molecule has 0 spiro atoms. The number of nitrogens with one attached hydrogen (secondary N) is 2. The second-order valence-electron chi connectivity index (χ2n) is 6.40. The fraction of sp³-hybridized carbons (Fsp3) is 0.625. The number of rotatable bonds is 6. The van der Waals surface area contributed by atoms with Crippen LogP contribution in [0.2, 0.25) is 0 Å². The van der Waals surface area contributed by atoms with Crippen LogP contribution in [0.3, 0.4) is 0 Å². The summed E-state index contributed by atoms with van der Waals surface area (Å²) < 4.78 is 27.9. The quantitative estimate of drug-likeness (QED) is 0.844.